The van der Waals surface area contributed by atoms with Gasteiger partial charge in [-0.3, -0.25) is 24.5 Å². The van der Waals surface area contributed by atoms with Crippen molar-refractivity contribution >= 4 is 29.5 Å². The Labute approximate surface area is 168 Å². The molecule has 2 amide bonds. The molecule has 1 aromatic carbocycles. The van der Waals surface area contributed by atoms with Crippen molar-refractivity contribution in [1.29, 1.82) is 0 Å². The number of nitro groups is 1. The second-order valence-corrected chi connectivity index (χ2v) is 7.13. The lowest BCUT2D eigenvalue weighted by Gasteiger charge is -2.33. The molecule has 0 aromatic heterocycles. The number of amides is 2. The second-order valence-electron chi connectivity index (χ2n) is 7.13. The van der Waals surface area contributed by atoms with Gasteiger partial charge in [-0.1, -0.05) is 13.8 Å². The Balaban J connectivity index is 2.00. The van der Waals surface area contributed by atoms with Crippen molar-refractivity contribution in [2.75, 3.05) is 19.7 Å². The standard InChI is InChI=1S/C20H25N3O6/c1-14(2)9-12-29-19(25)13-17-20(26)21-10-11-22(17)18(24)8-5-15-3-6-16(7-4-15)23(27)28/h3-8,14,17H,9-13H2,1-2H3,(H,21,26)/b8-5+. The van der Waals surface area contributed by atoms with Crippen LogP contribution < -0.4 is 5.32 Å². The predicted molar refractivity (Wildman–Crippen MR) is 106 cm³/mol. The van der Waals surface area contributed by atoms with Crippen molar-refractivity contribution in [3.63, 3.8) is 0 Å². The van der Waals surface area contributed by atoms with Crippen LogP contribution >= 0.6 is 0 Å². The zero-order valence-corrected chi connectivity index (χ0v) is 16.5. The Bertz CT molecular complexity index is 788. The lowest BCUT2D eigenvalue weighted by Crippen LogP contribution is -2.57. The topological polar surface area (TPSA) is 119 Å². The maximum Gasteiger partial charge on any atom is 0.308 e. The number of piperazine rings is 1. The number of ether oxygens (including phenoxy) is 1. The second kappa shape index (κ2) is 10.4. The van der Waals surface area contributed by atoms with E-state index < -0.39 is 28.7 Å². The highest BCUT2D eigenvalue weighted by atomic mass is 16.6. The van der Waals surface area contributed by atoms with Crippen molar-refractivity contribution in [1.82, 2.24) is 10.2 Å². The summed E-state index contributed by atoms with van der Waals surface area (Å²) in [5, 5.41) is 13.3. The molecule has 9 nitrogen and oxygen atoms in total. The van der Waals surface area contributed by atoms with Gasteiger partial charge in [0.2, 0.25) is 11.8 Å². The van der Waals surface area contributed by atoms with Gasteiger partial charge in [0, 0.05) is 31.3 Å². The average molecular weight is 403 g/mol. The van der Waals surface area contributed by atoms with Gasteiger partial charge in [0.15, 0.2) is 0 Å². The quantitative estimate of drug-likeness (QED) is 0.307. The van der Waals surface area contributed by atoms with E-state index in [2.05, 4.69) is 5.32 Å². The van der Waals surface area contributed by atoms with Crippen molar-refractivity contribution in [3.05, 3.63) is 46.0 Å². The third kappa shape index (κ3) is 6.70. The molecule has 1 aliphatic heterocycles. The van der Waals surface area contributed by atoms with Crippen LogP contribution in [-0.2, 0) is 19.1 Å². The molecular weight excluding hydrogens is 378 g/mol. The van der Waals surface area contributed by atoms with E-state index in [1.54, 1.807) is 0 Å². The highest BCUT2D eigenvalue weighted by Crippen LogP contribution is 2.15. The maximum atomic E-state index is 12.6. The van der Waals surface area contributed by atoms with Crippen molar-refractivity contribution in [2.45, 2.75) is 32.7 Å². The molecule has 0 spiro atoms. The zero-order valence-electron chi connectivity index (χ0n) is 16.5. The third-order valence-electron chi connectivity index (χ3n) is 4.45. The molecule has 2 rings (SSSR count). The minimum Gasteiger partial charge on any atom is -0.466 e. The Kier molecular flexibility index (Phi) is 7.88. The number of non-ortho nitro benzene ring substituents is 1. The first-order valence-electron chi connectivity index (χ1n) is 9.44. The molecule has 9 heteroatoms. The maximum absolute atomic E-state index is 12.6. The van der Waals surface area contributed by atoms with Crippen LogP contribution in [0.15, 0.2) is 30.3 Å². The minimum atomic E-state index is -0.927. The molecule has 0 saturated carbocycles. The van der Waals surface area contributed by atoms with Crippen LogP contribution in [0.4, 0.5) is 5.69 Å². The molecule has 0 bridgehead atoms. The van der Waals surface area contributed by atoms with E-state index in [0.29, 0.717) is 18.0 Å². The Hall–Kier alpha value is -3.23. The van der Waals surface area contributed by atoms with E-state index in [1.165, 1.54) is 41.3 Å². The summed E-state index contributed by atoms with van der Waals surface area (Å²) in [7, 11) is 0. The van der Waals surface area contributed by atoms with E-state index in [4.69, 9.17) is 4.74 Å². The molecular formula is C20H25N3O6. The smallest absolute Gasteiger partial charge is 0.308 e. The number of hydrogen-bond acceptors (Lipinski definition) is 6. The first-order chi connectivity index (χ1) is 13.8. The molecule has 1 heterocycles. The summed E-state index contributed by atoms with van der Waals surface area (Å²) in [4.78, 5) is 48.4. The number of esters is 1. The molecule has 0 aliphatic carbocycles. The van der Waals surface area contributed by atoms with Crippen LogP contribution in [0.3, 0.4) is 0 Å². The first kappa shape index (κ1) is 22.1. The van der Waals surface area contributed by atoms with Crippen LogP contribution in [0.5, 0.6) is 0 Å². The Morgan fingerprint density at radius 3 is 2.66 bits per heavy atom. The molecule has 1 aromatic rings. The molecule has 1 aliphatic rings. The zero-order chi connectivity index (χ0) is 21.4. The Morgan fingerprint density at radius 2 is 2.03 bits per heavy atom. The lowest BCUT2D eigenvalue weighted by atomic mass is 10.1. The van der Waals surface area contributed by atoms with E-state index >= 15 is 0 Å². The van der Waals surface area contributed by atoms with E-state index in [9.17, 15) is 24.5 Å². The van der Waals surface area contributed by atoms with Gasteiger partial charge in [0.25, 0.3) is 5.69 Å². The van der Waals surface area contributed by atoms with Crippen molar-refractivity contribution in [2.24, 2.45) is 5.92 Å². The van der Waals surface area contributed by atoms with Gasteiger partial charge in [-0.2, -0.15) is 0 Å². The summed E-state index contributed by atoms with van der Waals surface area (Å²) in [5.41, 5.74) is 0.562. The largest absolute Gasteiger partial charge is 0.466 e. The van der Waals surface area contributed by atoms with E-state index in [-0.39, 0.29) is 25.3 Å². The summed E-state index contributed by atoms with van der Waals surface area (Å²) in [6.45, 7) is 4.88. The summed E-state index contributed by atoms with van der Waals surface area (Å²) in [6, 6.07) is 4.80. The number of carbonyl (C=O) groups is 3. The predicted octanol–water partition coefficient (Wildman–Crippen LogP) is 1.91. The number of nitrogens with zero attached hydrogens (tertiary/aromatic N) is 2. The highest BCUT2D eigenvalue weighted by molar-refractivity contribution is 5.97. The van der Waals surface area contributed by atoms with Gasteiger partial charge in [-0.15, -0.1) is 0 Å². The number of carbonyl (C=O) groups excluding carboxylic acids is 3. The molecule has 1 fully saturated rings. The van der Waals surface area contributed by atoms with Crippen LogP contribution in [-0.4, -0.2) is 53.3 Å². The summed E-state index contributed by atoms with van der Waals surface area (Å²) in [6.07, 6.45) is 3.32. The molecule has 1 N–H and O–H groups in total. The van der Waals surface area contributed by atoms with Gasteiger partial charge >= 0.3 is 5.97 Å². The Morgan fingerprint density at radius 1 is 1.34 bits per heavy atom. The third-order valence-corrected chi connectivity index (χ3v) is 4.45. The van der Waals surface area contributed by atoms with Crippen LogP contribution in [0.25, 0.3) is 6.08 Å². The van der Waals surface area contributed by atoms with Gasteiger partial charge in [-0.25, -0.2) is 0 Å². The SMILES string of the molecule is CC(C)CCOC(=O)CC1C(=O)NCCN1C(=O)/C=C/c1ccc([N+](=O)[O-])cc1. The van der Waals surface area contributed by atoms with Gasteiger partial charge in [-0.05, 0) is 36.1 Å². The lowest BCUT2D eigenvalue weighted by molar-refractivity contribution is -0.384. The highest BCUT2D eigenvalue weighted by Gasteiger charge is 2.34. The molecule has 1 unspecified atom stereocenters. The van der Waals surface area contributed by atoms with E-state index in [1.807, 2.05) is 13.8 Å². The van der Waals surface area contributed by atoms with E-state index in [0.717, 1.165) is 6.42 Å². The van der Waals surface area contributed by atoms with Gasteiger partial charge < -0.3 is 15.0 Å². The number of benzene rings is 1. The average Bonchev–Trinajstić information content (AvgIpc) is 2.67. The number of nitrogens with one attached hydrogen (secondary N) is 1. The summed E-state index contributed by atoms with van der Waals surface area (Å²) >= 11 is 0. The summed E-state index contributed by atoms with van der Waals surface area (Å²) < 4.78 is 5.16. The molecule has 29 heavy (non-hydrogen) atoms. The van der Waals surface area contributed by atoms with Crippen LogP contribution in [0.1, 0.15) is 32.3 Å². The molecule has 156 valence electrons. The first-order valence-corrected chi connectivity index (χ1v) is 9.44. The van der Waals surface area contributed by atoms with Crippen molar-refractivity contribution in [3.8, 4) is 0 Å². The number of nitro benzene ring substituents is 1. The van der Waals surface area contributed by atoms with Crippen LogP contribution in [0.2, 0.25) is 0 Å². The van der Waals surface area contributed by atoms with Gasteiger partial charge in [0.05, 0.1) is 18.0 Å². The van der Waals surface area contributed by atoms with Crippen molar-refractivity contribution < 1.29 is 24.0 Å². The molecule has 1 atom stereocenters. The summed E-state index contributed by atoms with van der Waals surface area (Å²) in [5.74, 6) is -0.944. The number of rotatable bonds is 8. The fourth-order valence-electron chi connectivity index (χ4n) is 2.78. The molecule has 0 radical (unpaired) electrons. The normalized spacial score (nSPS) is 16.7. The van der Waals surface area contributed by atoms with Gasteiger partial charge in [0.1, 0.15) is 6.04 Å². The van der Waals surface area contributed by atoms with Crippen LogP contribution in [0, 0.1) is 16.0 Å². The fraction of sp³-hybridized carbons (Fsp3) is 0.450. The molecule has 1 saturated heterocycles. The number of hydrogen-bond donors (Lipinski definition) is 1. The monoisotopic (exact) mass is 403 g/mol. The minimum absolute atomic E-state index is 0.0442. The fourth-order valence-corrected chi connectivity index (χ4v) is 2.78.